The lowest BCUT2D eigenvalue weighted by atomic mass is 10.3. The summed E-state index contributed by atoms with van der Waals surface area (Å²) < 4.78 is 2.06. The van der Waals surface area contributed by atoms with Crippen molar-refractivity contribution in [2.75, 3.05) is 13.6 Å². The molecule has 0 radical (unpaired) electrons. The Kier molecular flexibility index (Phi) is 3.85. The summed E-state index contributed by atoms with van der Waals surface area (Å²) in [5, 5.41) is 8.96. The predicted octanol–water partition coefficient (Wildman–Crippen LogP) is 1.52. The average Bonchev–Trinajstić information content (AvgIpc) is 2.72. The minimum atomic E-state index is -0.799. The highest BCUT2D eigenvalue weighted by atomic mass is 16.4. The SMILES string of the molecule is CC(C(=O)O)N(C)CCc1nc2ccccc2n1C. The maximum atomic E-state index is 10.9. The van der Waals surface area contributed by atoms with Gasteiger partial charge in [-0.1, -0.05) is 12.1 Å². The third kappa shape index (κ3) is 2.76. The monoisotopic (exact) mass is 261 g/mol. The highest BCUT2D eigenvalue weighted by Gasteiger charge is 2.17. The maximum absolute atomic E-state index is 10.9. The molecule has 0 spiro atoms. The topological polar surface area (TPSA) is 58.4 Å². The Labute approximate surface area is 112 Å². The summed E-state index contributed by atoms with van der Waals surface area (Å²) in [7, 11) is 3.81. The van der Waals surface area contributed by atoms with E-state index in [1.165, 1.54) is 0 Å². The third-order valence-corrected chi connectivity index (χ3v) is 3.59. The Morgan fingerprint density at radius 2 is 2.16 bits per heavy atom. The van der Waals surface area contributed by atoms with Crippen molar-refractivity contribution in [3.05, 3.63) is 30.1 Å². The number of nitrogens with zero attached hydrogens (tertiary/aromatic N) is 3. The average molecular weight is 261 g/mol. The highest BCUT2D eigenvalue weighted by Crippen LogP contribution is 2.14. The van der Waals surface area contributed by atoms with Crippen LogP contribution in [-0.2, 0) is 18.3 Å². The fourth-order valence-corrected chi connectivity index (χ4v) is 2.08. The van der Waals surface area contributed by atoms with Gasteiger partial charge in [0.05, 0.1) is 11.0 Å². The second-order valence-corrected chi connectivity index (χ2v) is 4.82. The fraction of sp³-hybridized carbons (Fsp3) is 0.429. The van der Waals surface area contributed by atoms with Gasteiger partial charge in [0.1, 0.15) is 11.9 Å². The van der Waals surface area contributed by atoms with E-state index in [2.05, 4.69) is 9.55 Å². The quantitative estimate of drug-likeness (QED) is 0.886. The number of rotatable bonds is 5. The van der Waals surface area contributed by atoms with Crippen LogP contribution in [0, 0.1) is 0 Å². The van der Waals surface area contributed by atoms with Gasteiger partial charge in [0.25, 0.3) is 0 Å². The molecule has 0 aliphatic carbocycles. The lowest BCUT2D eigenvalue weighted by Gasteiger charge is -2.20. The number of fused-ring (bicyclic) bond motifs is 1. The van der Waals surface area contributed by atoms with Crippen molar-refractivity contribution in [2.24, 2.45) is 7.05 Å². The Hall–Kier alpha value is -1.88. The van der Waals surface area contributed by atoms with Crippen LogP contribution in [0.25, 0.3) is 11.0 Å². The zero-order chi connectivity index (χ0) is 14.0. The molecule has 0 aliphatic heterocycles. The van der Waals surface area contributed by atoms with Crippen LogP contribution in [0.15, 0.2) is 24.3 Å². The first-order chi connectivity index (χ1) is 9.00. The normalized spacial score (nSPS) is 13.1. The largest absolute Gasteiger partial charge is 0.480 e. The number of likely N-dealkylation sites (N-methyl/N-ethyl adjacent to an activating group) is 1. The predicted molar refractivity (Wildman–Crippen MR) is 74.1 cm³/mol. The number of aromatic nitrogens is 2. The standard InChI is InChI=1S/C14H19N3O2/c1-10(14(18)19)16(2)9-8-13-15-11-6-4-5-7-12(11)17(13)3/h4-7,10H,8-9H2,1-3H3,(H,18,19). The number of benzene rings is 1. The van der Waals surface area contributed by atoms with E-state index in [4.69, 9.17) is 5.11 Å². The number of carboxylic acids is 1. The van der Waals surface area contributed by atoms with Gasteiger partial charge in [0.2, 0.25) is 0 Å². The highest BCUT2D eigenvalue weighted by molar-refractivity contribution is 5.75. The van der Waals surface area contributed by atoms with E-state index in [0.717, 1.165) is 23.3 Å². The summed E-state index contributed by atoms with van der Waals surface area (Å²) in [5.74, 6) is 0.179. The summed E-state index contributed by atoms with van der Waals surface area (Å²) in [6, 6.07) is 7.51. The molecule has 1 heterocycles. The molecule has 0 aliphatic rings. The number of hydrogen-bond acceptors (Lipinski definition) is 3. The van der Waals surface area contributed by atoms with E-state index in [1.54, 1.807) is 6.92 Å². The zero-order valence-electron chi connectivity index (χ0n) is 11.5. The van der Waals surface area contributed by atoms with Gasteiger partial charge >= 0.3 is 5.97 Å². The molecule has 1 aromatic carbocycles. The molecule has 2 rings (SSSR count). The van der Waals surface area contributed by atoms with Gasteiger partial charge in [0, 0.05) is 20.0 Å². The first kappa shape index (κ1) is 13.5. The first-order valence-electron chi connectivity index (χ1n) is 6.34. The Morgan fingerprint density at radius 3 is 2.79 bits per heavy atom. The summed E-state index contributed by atoms with van der Waals surface area (Å²) >= 11 is 0. The number of hydrogen-bond donors (Lipinski definition) is 1. The molecule has 0 saturated heterocycles. The molecule has 1 unspecified atom stereocenters. The van der Waals surface area contributed by atoms with Crippen LogP contribution in [0.4, 0.5) is 0 Å². The molecule has 102 valence electrons. The molecule has 5 heteroatoms. The molecule has 1 N–H and O–H groups in total. The van der Waals surface area contributed by atoms with Crippen LogP contribution in [0.1, 0.15) is 12.7 Å². The second-order valence-electron chi connectivity index (χ2n) is 4.82. The van der Waals surface area contributed by atoms with E-state index >= 15 is 0 Å². The second kappa shape index (κ2) is 5.40. The summed E-state index contributed by atoms with van der Waals surface area (Å²) in [5.41, 5.74) is 2.08. The summed E-state index contributed by atoms with van der Waals surface area (Å²) in [6.45, 7) is 2.36. The molecule has 19 heavy (non-hydrogen) atoms. The molecule has 5 nitrogen and oxygen atoms in total. The molecule has 0 bridgehead atoms. The van der Waals surface area contributed by atoms with Crippen LogP contribution in [-0.4, -0.2) is 45.2 Å². The van der Waals surface area contributed by atoms with Gasteiger partial charge in [0.15, 0.2) is 0 Å². The summed E-state index contributed by atoms with van der Waals surface area (Å²) in [6.07, 6.45) is 0.735. The Morgan fingerprint density at radius 1 is 1.47 bits per heavy atom. The van der Waals surface area contributed by atoms with E-state index in [0.29, 0.717) is 6.54 Å². The van der Waals surface area contributed by atoms with Gasteiger partial charge in [-0.3, -0.25) is 9.69 Å². The summed E-state index contributed by atoms with van der Waals surface area (Å²) in [4.78, 5) is 17.3. The maximum Gasteiger partial charge on any atom is 0.320 e. The number of para-hydroxylation sites is 2. The van der Waals surface area contributed by atoms with Crippen LogP contribution in [0.5, 0.6) is 0 Å². The van der Waals surface area contributed by atoms with Crippen molar-refractivity contribution in [2.45, 2.75) is 19.4 Å². The molecular formula is C14H19N3O2. The Bertz CT molecular complexity index is 591. The molecule has 1 aromatic heterocycles. The van der Waals surface area contributed by atoms with Gasteiger partial charge < -0.3 is 9.67 Å². The molecule has 1 atom stereocenters. The van der Waals surface area contributed by atoms with Crippen LogP contribution in [0.3, 0.4) is 0 Å². The van der Waals surface area contributed by atoms with Gasteiger partial charge in [-0.05, 0) is 26.1 Å². The smallest absolute Gasteiger partial charge is 0.320 e. The van der Waals surface area contributed by atoms with Crippen LogP contribution in [0.2, 0.25) is 0 Å². The van der Waals surface area contributed by atoms with Crippen molar-refractivity contribution >= 4 is 17.0 Å². The third-order valence-electron chi connectivity index (χ3n) is 3.59. The first-order valence-corrected chi connectivity index (χ1v) is 6.34. The van der Waals surface area contributed by atoms with Gasteiger partial charge in [-0.15, -0.1) is 0 Å². The number of aryl methyl sites for hydroxylation is 1. The number of carbonyl (C=O) groups is 1. The molecule has 0 saturated carbocycles. The number of carboxylic acid groups (broad SMARTS) is 1. The minimum absolute atomic E-state index is 0.477. The van der Waals surface area contributed by atoms with Crippen molar-refractivity contribution in [3.8, 4) is 0 Å². The van der Waals surface area contributed by atoms with Crippen LogP contribution < -0.4 is 0 Å². The van der Waals surface area contributed by atoms with Crippen molar-refractivity contribution < 1.29 is 9.90 Å². The molecule has 0 amide bonds. The Balaban J connectivity index is 2.10. The van der Waals surface area contributed by atoms with Crippen molar-refractivity contribution in [1.82, 2.24) is 14.5 Å². The van der Waals surface area contributed by atoms with E-state index in [1.807, 2.05) is 43.3 Å². The molecular weight excluding hydrogens is 242 g/mol. The minimum Gasteiger partial charge on any atom is -0.480 e. The van der Waals surface area contributed by atoms with E-state index in [-0.39, 0.29) is 0 Å². The zero-order valence-corrected chi connectivity index (χ0v) is 11.5. The number of imidazole rings is 1. The lowest BCUT2D eigenvalue weighted by Crippen LogP contribution is -2.37. The van der Waals surface area contributed by atoms with E-state index in [9.17, 15) is 4.79 Å². The molecule has 2 aromatic rings. The molecule has 0 fully saturated rings. The van der Waals surface area contributed by atoms with Crippen molar-refractivity contribution in [3.63, 3.8) is 0 Å². The van der Waals surface area contributed by atoms with E-state index < -0.39 is 12.0 Å². The van der Waals surface area contributed by atoms with Gasteiger partial charge in [-0.2, -0.15) is 0 Å². The number of aliphatic carboxylic acids is 1. The van der Waals surface area contributed by atoms with Crippen molar-refractivity contribution in [1.29, 1.82) is 0 Å². The lowest BCUT2D eigenvalue weighted by molar-refractivity contribution is -0.142. The van der Waals surface area contributed by atoms with Gasteiger partial charge in [-0.25, -0.2) is 4.98 Å². The fourth-order valence-electron chi connectivity index (χ4n) is 2.08. The van der Waals surface area contributed by atoms with Crippen LogP contribution >= 0.6 is 0 Å².